The van der Waals surface area contributed by atoms with E-state index in [1.165, 1.54) is 11.1 Å². The smallest absolute Gasteiger partial charge is 0.122 e. The van der Waals surface area contributed by atoms with Gasteiger partial charge in [-0.2, -0.15) is 0 Å². The molecule has 0 aromatic heterocycles. The SMILES string of the molecule is Cc1ccc(Br)c(C(NN)c2ccc3c(c2)CCO3)c1. The molecular formula is C16H17BrN2O. The standard InChI is InChI=1S/C16H17BrN2O/c1-10-2-4-14(17)13(8-10)16(19-18)12-3-5-15-11(9-12)6-7-20-15/h2-5,8-9,16,19H,6-7,18H2,1H3. The largest absolute Gasteiger partial charge is 0.493 e. The fourth-order valence-electron chi connectivity index (χ4n) is 2.64. The van der Waals surface area contributed by atoms with E-state index in [0.717, 1.165) is 34.4 Å². The van der Waals surface area contributed by atoms with Gasteiger partial charge >= 0.3 is 0 Å². The van der Waals surface area contributed by atoms with Gasteiger partial charge in [0.2, 0.25) is 0 Å². The van der Waals surface area contributed by atoms with Gasteiger partial charge in [-0.1, -0.05) is 45.8 Å². The van der Waals surface area contributed by atoms with Crippen LogP contribution >= 0.6 is 15.9 Å². The third-order valence-corrected chi connectivity index (χ3v) is 4.40. The number of nitrogens with two attached hydrogens (primary N) is 1. The highest BCUT2D eigenvalue weighted by Gasteiger charge is 2.19. The van der Waals surface area contributed by atoms with E-state index in [9.17, 15) is 0 Å². The molecule has 0 bridgehead atoms. The number of fused-ring (bicyclic) bond motifs is 1. The van der Waals surface area contributed by atoms with E-state index < -0.39 is 0 Å². The Morgan fingerprint density at radius 1 is 1.25 bits per heavy atom. The molecule has 0 aliphatic carbocycles. The highest BCUT2D eigenvalue weighted by atomic mass is 79.9. The molecule has 20 heavy (non-hydrogen) atoms. The molecule has 1 aliphatic heterocycles. The molecule has 104 valence electrons. The number of rotatable bonds is 3. The summed E-state index contributed by atoms with van der Waals surface area (Å²) < 4.78 is 6.61. The van der Waals surface area contributed by atoms with Crippen LogP contribution in [0.25, 0.3) is 0 Å². The molecule has 1 atom stereocenters. The van der Waals surface area contributed by atoms with Crippen molar-refractivity contribution in [1.29, 1.82) is 0 Å². The lowest BCUT2D eigenvalue weighted by molar-refractivity contribution is 0.357. The molecule has 1 aliphatic rings. The molecule has 1 unspecified atom stereocenters. The van der Waals surface area contributed by atoms with Crippen LogP contribution in [0.3, 0.4) is 0 Å². The zero-order valence-corrected chi connectivity index (χ0v) is 12.9. The van der Waals surface area contributed by atoms with Crippen molar-refractivity contribution >= 4 is 15.9 Å². The zero-order valence-electron chi connectivity index (χ0n) is 11.3. The molecule has 4 heteroatoms. The second kappa shape index (κ2) is 5.56. The van der Waals surface area contributed by atoms with E-state index in [1.54, 1.807) is 0 Å². The first-order chi connectivity index (χ1) is 9.69. The van der Waals surface area contributed by atoms with Gasteiger partial charge in [0.05, 0.1) is 12.6 Å². The van der Waals surface area contributed by atoms with Crippen molar-refractivity contribution in [2.45, 2.75) is 19.4 Å². The first kappa shape index (κ1) is 13.6. The van der Waals surface area contributed by atoms with Gasteiger partial charge in [-0.15, -0.1) is 0 Å². The summed E-state index contributed by atoms with van der Waals surface area (Å²) in [4.78, 5) is 0. The quantitative estimate of drug-likeness (QED) is 0.670. The normalized spacial score (nSPS) is 14.8. The van der Waals surface area contributed by atoms with Crippen molar-refractivity contribution in [1.82, 2.24) is 5.43 Å². The molecule has 3 nitrogen and oxygen atoms in total. The lowest BCUT2D eigenvalue weighted by Crippen LogP contribution is -2.29. The molecule has 2 aromatic rings. The number of aryl methyl sites for hydroxylation is 1. The molecule has 0 saturated heterocycles. The van der Waals surface area contributed by atoms with E-state index in [-0.39, 0.29) is 6.04 Å². The number of ether oxygens (including phenoxy) is 1. The van der Waals surface area contributed by atoms with Crippen LogP contribution in [0.5, 0.6) is 5.75 Å². The Balaban J connectivity index is 2.03. The van der Waals surface area contributed by atoms with Crippen LogP contribution < -0.4 is 16.0 Å². The van der Waals surface area contributed by atoms with E-state index in [0.29, 0.717) is 0 Å². The van der Waals surface area contributed by atoms with Crippen LogP contribution in [0.1, 0.15) is 28.3 Å². The Morgan fingerprint density at radius 3 is 2.90 bits per heavy atom. The molecular weight excluding hydrogens is 316 g/mol. The minimum Gasteiger partial charge on any atom is -0.493 e. The first-order valence-electron chi connectivity index (χ1n) is 6.67. The van der Waals surface area contributed by atoms with Gasteiger partial charge in [0, 0.05) is 10.9 Å². The molecule has 0 saturated carbocycles. The molecule has 0 radical (unpaired) electrons. The Labute approximate surface area is 127 Å². The van der Waals surface area contributed by atoms with Gasteiger partial charge in [0.1, 0.15) is 5.75 Å². The topological polar surface area (TPSA) is 47.3 Å². The van der Waals surface area contributed by atoms with E-state index >= 15 is 0 Å². The Hall–Kier alpha value is -1.36. The Bertz CT molecular complexity index is 642. The fourth-order valence-corrected chi connectivity index (χ4v) is 3.11. The van der Waals surface area contributed by atoms with Crippen molar-refractivity contribution in [2.75, 3.05) is 6.61 Å². The summed E-state index contributed by atoms with van der Waals surface area (Å²) in [6.45, 7) is 2.85. The Kier molecular flexibility index (Phi) is 3.78. The van der Waals surface area contributed by atoms with Gasteiger partial charge in [-0.3, -0.25) is 5.84 Å². The van der Waals surface area contributed by atoms with E-state index in [4.69, 9.17) is 10.6 Å². The second-order valence-corrected chi connectivity index (χ2v) is 5.94. The molecule has 3 N–H and O–H groups in total. The monoisotopic (exact) mass is 332 g/mol. The molecule has 0 fully saturated rings. The summed E-state index contributed by atoms with van der Waals surface area (Å²) in [6.07, 6.45) is 0.968. The second-order valence-electron chi connectivity index (χ2n) is 5.09. The van der Waals surface area contributed by atoms with E-state index in [1.807, 2.05) is 6.07 Å². The highest BCUT2D eigenvalue weighted by molar-refractivity contribution is 9.10. The third kappa shape index (κ3) is 2.46. The summed E-state index contributed by atoms with van der Waals surface area (Å²) in [5, 5.41) is 0. The summed E-state index contributed by atoms with van der Waals surface area (Å²) in [7, 11) is 0. The minimum absolute atomic E-state index is 0.0322. The molecule has 0 spiro atoms. The van der Waals surface area contributed by atoms with Crippen molar-refractivity contribution in [2.24, 2.45) is 5.84 Å². The first-order valence-corrected chi connectivity index (χ1v) is 7.46. The molecule has 1 heterocycles. The van der Waals surface area contributed by atoms with E-state index in [2.05, 4.69) is 58.6 Å². The number of halogens is 1. The number of hydrogen-bond donors (Lipinski definition) is 2. The maximum atomic E-state index is 5.80. The number of nitrogens with one attached hydrogen (secondary N) is 1. The third-order valence-electron chi connectivity index (χ3n) is 3.68. The van der Waals surface area contributed by atoms with Crippen molar-refractivity contribution < 1.29 is 4.74 Å². The molecule has 3 rings (SSSR count). The number of hydrogen-bond acceptors (Lipinski definition) is 3. The van der Waals surface area contributed by atoms with Crippen molar-refractivity contribution in [3.05, 3.63) is 63.1 Å². The fraction of sp³-hybridized carbons (Fsp3) is 0.250. The lowest BCUT2D eigenvalue weighted by atomic mass is 9.96. The van der Waals surface area contributed by atoms with Crippen LogP contribution in [0.2, 0.25) is 0 Å². The summed E-state index contributed by atoms with van der Waals surface area (Å²) in [5.41, 5.74) is 7.70. The van der Waals surface area contributed by atoms with Gasteiger partial charge in [0.15, 0.2) is 0 Å². The molecule has 2 aromatic carbocycles. The zero-order chi connectivity index (χ0) is 14.1. The van der Waals surface area contributed by atoms with Crippen LogP contribution in [0.4, 0.5) is 0 Å². The number of hydrazine groups is 1. The maximum Gasteiger partial charge on any atom is 0.122 e. The predicted octanol–water partition coefficient (Wildman–Crippen LogP) is 3.25. The summed E-state index contributed by atoms with van der Waals surface area (Å²) in [5.74, 6) is 6.79. The Morgan fingerprint density at radius 2 is 2.10 bits per heavy atom. The van der Waals surface area contributed by atoms with Crippen LogP contribution in [-0.2, 0) is 6.42 Å². The summed E-state index contributed by atoms with van der Waals surface area (Å²) in [6, 6.07) is 12.5. The van der Waals surface area contributed by atoms with Crippen LogP contribution in [0.15, 0.2) is 40.9 Å². The predicted molar refractivity (Wildman–Crippen MR) is 83.7 cm³/mol. The van der Waals surface area contributed by atoms with Gasteiger partial charge in [-0.25, -0.2) is 5.43 Å². The average molecular weight is 333 g/mol. The lowest BCUT2D eigenvalue weighted by Gasteiger charge is -2.19. The minimum atomic E-state index is -0.0322. The van der Waals surface area contributed by atoms with Gasteiger partial charge in [0.25, 0.3) is 0 Å². The average Bonchev–Trinajstić information content (AvgIpc) is 2.91. The summed E-state index contributed by atoms with van der Waals surface area (Å²) >= 11 is 3.61. The van der Waals surface area contributed by atoms with Crippen molar-refractivity contribution in [3.8, 4) is 5.75 Å². The van der Waals surface area contributed by atoms with Crippen molar-refractivity contribution in [3.63, 3.8) is 0 Å². The van der Waals surface area contributed by atoms with Crippen LogP contribution in [-0.4, -0.2) is 6.61 Å². The molecule has 0 amide bonds. The maximum absolute atomic E-state index is 5.80. The van der Waals surface area contributed by atoms with Crippen LogP contribution in [0, 0.1) is 6.92 Å². The highest BCUT2D eigenvalue weighted by Crippen LogP contribution is 2.33. The van der Waals surface area contributed by atoms with Gasteiger partial charge < -0.3 is 4.74 Å². The van der Waals surface area contributed by atoms with Gasteiger partial charge in [-0.05, 0) is 35.7 Å². The number of benzene rings is 2.